The summed E-state index contributed by atoms with van der Waals surface area (Å²) in [6.07, 6.45) is 6.43. The first-order valence-corrected chi connectivity index (χ1v) is 12.6. The van der Waals surface area contributed by atoms with Gasteiger partial charge in [-0.25, -0.2) is 17.5 Å². The van der Waals surface area contributed by atoms with E-state index in [0.717, 1.165) is 50.5 Å². The second kappa shape index (κ2) is 10.4. The van der Waals surface area contributed by atoms with Gasteiger partial charge in [0.25, 0.3) is 0 Å². The fourth-order valence-corrected chi connectivity index (χ4v) is 5.96. The van der Waals surface area contributed by atoms with Gasteiger partial charge in [-0.05, 0) is 85.3 Å². The molecular weight excluding hydrogens is 435 g/mol. The van der Waals surface area contributed by atoms with Gasteiger partial charge in [-0.1, -0.05) is 30.3 Å². The van der Waals surface area contributed by atoms with E-state index in [4.69, 9.17) is 5.73 Å². The Labute approximate surface area is 191 Å². The molecular formula is C24H32ClFN2O2S. The maximum absolute atomic E-state index is 13.3. The number of benzene rings is 2. The molecule has 1 saturated carbocycles. The van der Waals surface area contributed by atoms with E-state index in [2.05, 4.69) is 22.9 Å². The van der Waals surface area contributed by atoms with Crippen LogP contribution in [0.25, 0.3) is 0 Å². The number of hydrogen-bond donors (Lipinski definition) is 2. The van der Waals surface area contributed by atoms with Crippen LogP contribution in [-0.4, -0.2) is 26.8 Å². The lowest BCUT2D eigenvalue weighted by molar-refractivity contribution is 0.467. The molecule has 2 unspecified atom stereocenters. The first-order valence-electron chi connectivity index (χ1n) is 11.0. The molecule has 0 amide bonds. The lowest BCUT2D eigenvalue weighted by Gasteiger charge is -2.32. The maximum Gasteiger partial charge on any atom is 0.211 e. The van der Waals surface area contributed by atoms with Crippen LogP contribution >= 0.6 is 12.4 Å². The summed E-state index contributed by atoms with van der Waals surface area (Å²) in [5.74, 6) is 0.637. The van der Waals surface area contributed by atoms with Gasteiger partial charge in [0.05, 0.1) is 5.75 Å². The van der Waals surface area contributed by atoms with Gasteiger partial charge in [0.2, 0.25) is 10.0 Å². The lowest BCUT2D eigenvalue weighted by Crippen LogP contribution is -2.34. The van der Waals surface area contributed by atoms with Crippen LogP contribution in [0.4, 0.5) is 4.39 Å². The van der Waals surface area contributed by atoms with E-state index in [1.807, 2.05) is 12.1 Å². The molecule has 0 heterocycles. The van der Waals surface area contributed by atoms with Crippen LogP contribution in [0.3, 0.4) is 0 Å². The summed E-state index contributed by atoms with van der Waals surface area (Å²) >= 11 is 0. The van der Waals surface area contributed by atoms with E-state index in [0.29, 0.717) is 12.5 Å². The molecule has 31 heavy (non-hydrogen) atoms. The number of halogens is 2. The second-order valence-electron chi connectivity index (χ2n) is 8.90. The number of fused-ring (bicyclic) bond motifs is 1. The predicted octanol–water partition coefficient (Wildman–Crippen LogP) is 4.11. The van der Waals surface area contributed by atoms with Crippen LogP contribution in [0.2, 0.25) is 0 Å². The lowest BCUT2D eigenvalue weighted by atomic mass is 9.76. The van der Waals surface area contributed by atoms with Crippen molar-refractivity contribution in [2.75, 3.05) is 12.3 Å². The first-order chi connectivity index (χ1) is 14.4. The maximum atomic E-state index is 13.3. The third-order valence-corrected chi connectivity index (χ3v) is 7.91. The molecule has 2 aliphatic carbocycles. The van der Waals surface area contributed by atoms with Crippen molar-refractivity contribution in [3.8, 4) is 0 Å². The molecule has 0 radical (unpaired) electrons. The largest absolute Gasteiger partial charge is 0.327 e. The highest BCUT2D eigenvalue weighted by Crippen LogP contribution is 2.34. The molecule has 2 aliphatic rings. The molecule has 2 atom stereocenters. The van der Waals surface area contributed by atoms with Gasteiger partial charge >= 0.3 is 0 Å². The third-order valence-electron chi connectivity index (χ3n) is 6.36. The number of nitrogens with one attached hydrogen (secondary N) is 1. The van der Waals surface area contributed by atoms with Gasteiger partial charge < -0.3 is 5.73 Å². The molecule has 170 valence electrons. The van der Waals surface area contributed by atoms with Crippen LogP contribution in [0.15, 0.2) is 42.5 Å². The van der Waals surface area contributed by atoms with Crippen LogP contribution < -0.4 is 10.5 Å². The monoisotopic (exact) mass is 466 g/mol. The molecule has 1 fully saturated rings. The van der Waals surface area contributed by atoms with E-state index in [1.54, 1.807) is 0 Å². The molecule has 4 rings (SSSR count). The molecule has 4 nitrogen and oxygen atoms in total. The Bertz CT molecular complexity index is 978. The van der Waals surface area contributed by atoms with Crippen molar-refractivity contribution in [3.05, 3.63) is 70.5 Å². The summed E-state index contributed by atoms with van der Waals surface area (Å²) in [7, 11) is -3.13. The highest BCUT2D eigenvalue weighted by atomic mass is 35.5. The predicted molar refractivity (Wildman–Crippen MR) is 126 cm³/mol. The Hall–Kier alpha value is -1.47. The summed E-state index contributed by atoms with van der Waals surface area (Å²) < 4.78 is 40.0. The van der Waals surface area contributed by atoms with Gasteiger partial charge in [-0.2, -0.15) is 0 Å². The number of aryl methyl sites for hydroxylation is 2. The third kappa shape index (κ3) is 6.75. The van der Waals surface area contributed by atoms with Crippen molar-refractivity contribution in [2.24, 2.45) is 11.7 Å². The molecule has 0 bridgehead atoms. The van der Waals surface area contributed by atoms with Gasteiger partial charge in [0, 0.05) is 18.5 Å². The van der Waals surface area contributed by atoms with Crippen LogP contribution in [0.5, 0.6) is 0 Å². The number of nitrogens with two attached hydrogens (primary N) is 1. The average Bonchev–Trinajstić information content (AvgIpc) is 3.52. The van der Waals surface area contributed by atoms with Crippen LogP contribution in [0, 0.1) is 11.7 Å². The summed E-state index contributed by atoms with van der Waals surface area (Å²) in [5, 5.41) is 0. The minimum Gasteiger partial charge on any atom is -0.327 e. The van der Waals surface area contributed by atoms with Gasteiger partial charge in [-0.3, -0.25) is 0 Å². The molecule has 0 aliphatic heterocycles. The van der Waals surface area contributed by atoms with E-state index in [9.17, 15) is 12.8 Å². The Morgan fingerprint density at radius 2 is 1.74 bits per heavy atom. The van der Waals surface area contributed by atoms with Crippen molar-refractivity contribution in [1.82, 2.24) is 4.72 Å². The van der Waals surface area contributed by atoms with Gasteiger partial charge in [0.15, 0.2) is 0 Å². The molecule has 0 saturated heterocycles. The van der Waals surface area contributed by atoms with Crippen molar-refractivity contribution in [3.63, 3.8) is 0 Å². The minimum atomic E-state index is -3.13. The molecule has 2 aromatic rings. The topological polar surface area (TPSA) is 72.2 Å². The van der Waals surface area contributed by atoms with E-state index in [1.165, 1.54) is 28.8 Å². The zero-order chi connectivity index (χ0) is 21.1. The average molecular weight is 467 g/mol. The Balaban J connectivity index is 0.00000272. The molecule has 7 heteroatoms. The summed E-state index contributed by atoms with van der Waals surface area (Å²) in [6.45, 7) is 0.477. The van der Waals surface area contributed by atoms with E-state index in [-0.39, 0.29) is 35.9 Å². The number of hydrogen-bond acceptors (Lipinski definition) is 3. The fraction of sp³-hybridized carbons (Fsp3) is 0.500. The van der Waals surface area contributed by atoms with Gasteiger partial charge in [0.1, 0.15) is 5.82 Å². The standard InChI is InChI=1S/C24H31FN2O2S.ClH/c25-21-10-6-18(7-11-21)15-23-22-14-17(5-8-20(22)9-12-24(23)26)2-1-13-27-30(28,29)16-19-3-4-19;/h5-8,10-11,14,19,23-24,27H,1-4,9,12-13,15-16,26H2;1H. The Kier molecular flexibility index (Phi) is 8.14. The molecule has 0 spiro atoms. The van der Waals surface area contributed by atoms with Crippen molar-refractivity contribution in [2.45, 2.75) is 56.9 Å². The Morgan fingerprint density at radius 3 is 2.45 bits per heavy atom. The van der Waals surface area contributed by atoms with Crippen LogP contribution in [0.1, 0.15) is 53.9 Å². The SMILES string of the molecule is Cl.NC1CCc2ccc(CCCNS(=O)(=O)CC3CC3)cc2C1Cc1ccc(F)cc1. The van der Waals surface area contributed by atoms with Crippen molar-refractivity contribution >= 4 is 22.4 Å². The van der Waals surface area contributed by atoms with Crippen LogP contribution in [-0.2, 0) is 29.3 Å². The van der Waals surface area contributed by atoms with Crippen molar-refractivity contribution < 1.29 is 12.8 Å². The van der Waals surface area contributed by atoms with Crippen molar-refractivity contribution in [1.29, 1.82) is 0 Å². The zero-order valence-electron chi connectivity index (χ0n) is 17.7. The summed E-state index contributed by atoms with van der Waals surface area (Å²) in [6, 6.07) is 13.4. The normalized spacial score (nSPS) is 20.7. The van der Waals surface area contributed by atoms with E-state index >= 15 is 0 Å². The number of sulfonamides is 1. The fourth-order valence-electron chi connectivity index (χ4n) is 4.44. The summed E-state index contributed by atoms with van der Waals surface area (Å²) in [4.78, 5) is 0. The highest BCUT2D eigenvalue weighted by molar-refractivity contribution is 7.89. The van der Waals surface area contributed by atoms with E-state index < -0.39 is 10.0 Å². The minimum absolute atomic E-state index is 0. The Morgan fingerprint density at radius 1 is 1.03 bits per heavy atom. The molecule has 2 aromatic carbocycles. The summed E-state index contributed by atoms with van der Waals surface area (Å²) in [5.41, 5.74) is 11.4. The number of rotatable bonds is 9. The van der Waals surface area contributed by atoms with Gasteiger partial charge in [-0.15, -0.1) is 12.4 Å². The first kappa shape index (κ1) is 24.2. The molecule has 0 aromatic heterocycles. The quantitative estimate of drug-likeness (QED) is 0.546. The smallest absolute Gasteiger partial charge is 0.211 e. The zero-order valence-corrected chi connectivity index (χ0v) is 19.4. The molecule has 3 N–H and O–H groups in total. The highest BCUT2D eigenvalue weighted by Gasteiger charge is 2.28. The second-order valence-corrected chi connectivity index (χ2v) is 10.7.